The molecule has 1 aromatic carbocycles. The van der Waals surface area contributed by atoms with Crippen LogP contribution < -0.4 is 10.6 Å². The molecule has 1 aromatic heterocycles. The molecule has 0 unspecified atom stereocenters. The summed E-state index contributed by atoms with van der Waals surface area (Å²) >= 11 is 0. The number of fused-ring (bicyclic) bond motifs is 1. The van der Waals surface area contributed by atoms with E-state index in [-0.39, 0.29) is 23.8 Å². The number of likely N-dealkylation sites (N-methyl/N-ethyl adjacent to an activating group) is 1. The Morgan fingerprint density at radius 3 is 2.67 bits per heavy atom. The van der Waals surface area contributed by atoms with Crippen molar-refractivity contribution in [1.82, 2.24) is 20.1 Å². The Balaban J connectivity index is 1.68. The largest absolute Gasteiger partial charge is 0.355 e. The molecular formula is C21H30N4O2. The molecule has 146 valence electrons. The lowest BCUT2D eigenvalue weighted by Crippen LogP contribution is -2.49. The highest BCUT2D eigenvalue weighted by Crippen LogP contribution is 2.26. The van der Waals surface area contributed by atoms with Gasteiger partial charge in [-0.05, 0) is 39.1 Å². The van der Waals surface area contributed by atoms with E-state index >= 15 is 0 Å². The van der Waals surface area contributed by atoms with Crippen LogP contribution in [-0.2, 0) is 11.8 Å². The van der Waals surface area contributed by atoms with Crippen LogP contribution in [0.1, 0.15) is 36.2 Å². The summed E-state index contributed by atoms with van der Waals surface area (Å²) in [6, 6.07) is 9.77. The van der Waals surface area contributed by atoms with Gasteiger partial charge in [0.15, 0.2) is 0 Å². The Morgan fingerprint density at radius 2 is 1.93 bits per heavy atom. The molecule has 2 N–H and O–H groups in total. The zero-order valence-electron chi connectivity index (χ0n) is 16.5. The highest BCUT2D eigenvalue weighted by atomic mass is 16.2. The van der Waals surface area contributed by atoms with Crippen molar-refractivity contribution < 1.29 is 9.59 Å². The van der Waals surface area contributed by atoms with Crippen molar-refractivity contribution in [2.24, 2.45) is 13.0 Å². The monoisotopic (exact) mass is 370 g/mol. The van der Waals surface area contributed by atoms with Crippen LogP contribution in [0.4, 0.5) is 0 Å². The number of aromatic nitrogens is 1. The Kier molecular flexibility index (Phi) is 6.16. The van der Waals surface area contributed by atoms with Gasteiger partial charge in [0.25, 0.3) is 5.91 Å². The van der Waals surface area contributed by atoms with Gasteiger partial charge in [-0.1, -0.05) is 31.0 Å². The third-order valence-corrected chi connectivity index (χ3v) is 5.46. The Hall–Kier alpha value is -2.34. The minimum absolute atomic E-state index is 0.0545. The molecule has 2 aromatic rings. The fourth-order valence-corrected chi connectivity index (χ4v) is 3.90. The normalized spacial score (nSPS) is 20.0. The van der Waals surface area contributed by atoms with Gasteiger partial charge in [-0.15, -0.1) is 0 Å². The van der Waals surface area contributed by atoms with Gasteiger partial charge in [0.2, 0.25) is 5.91 Å². The van der Waals surface area contributed by atoms with Crippen molar-refractivity contribution in [3.8, 4) is 0 Å². The summed E-state index contributed by atoms with van der Waals surface area (Å²) < 4.78 is 1.92. The van der Waals surface area contributed by atoms with E-state index in [2.05, 4.69) is 10.6 Å². The van der Waals surface area contributed by atoms with E-state index in [4.69, 9.17) is 0 Å². The lowest BCUT2D eigenvalue weighted by atomic mass is 9.83. The molecule has 27 heavy (non-hydrogen) atoms. The van der Waals surface area contributed by atoms with Gasteiger partial charge in [-0.2, -0.15) is 0 Å². The predicted molar refractivity (Wildman–Crippen MR) is 108 cm³/mol. The standard InChI is InChI=1S/C21H30N4O2/c1-24(2)13-12-22-20(26)16-9-5-6-10-17(16)23-21(27)19-14-15-8-4-7-11-18(15)25(19)3/h4,7-8,11,14,16-17H,5-6,9-10,12-13H2,1-3H3,(H,22,26)(H,23,27)/t16-,17+/m1/s1. The number of amides is 2. The SMILES string of the molecule is CN(C)CCNC(=O)[C@@H]1CCCC[C@@H]1NC(=O)c1cc2ccccc2n1C. The number of nitrogens with zero attached hydrogens (tertiary/aromatic N) is 2. The summed E-state index contributed by atoms with van der Waals surface area (Å²) in [7, 11) is 5.88. The number of rotatable bonds is 6. The molecular weight excluding hydrogens is 340 g/mol. The van der Waals surface area contributed by atoms with E-state index in [1.807, 2.05) is 60.9 Å². The topological polar surface area (TPSA) is 66.4 Å². The predicted octanol–water partition coefficient (Wildman–Crippen LogP) is 2.14. The van der Waals surface area contributed by atoms with Crippen molar-refractivity contribution in [3.05, 3.63) is 36.0 Å². The van der Waals surface area contributed by atoms with Gasteiger partial charge in [-0.25, -0.2) is 0 Å². The summed E-state index contributed by atoms with van der Waals surface area (Å²) in [5, 5.41) is 7.21. The van der Waals surface area contributed by atoms with Crippen molar-refractivity contribution in [3.63, 3.8) is 0 Å². The first kappa shape index (κ1) is 19.4. The highest BCUT2D eigenvalue weighted by molar-refractivity contribution is 5.99. The molecule has 1 aliphatic rings. The molecule has 0 bridgehead atoms. The minimum atomic E-state index is -0.153. The van der Waals surface area contributed by atoms with Crippen molar-refractivity contribution in [2.75, 3.05) is 27.2 Å². The third kappa shape index (κ3) is 4.50. The van der Waals surface area contributed by atoms with E-state index in [9.17, 15) is 9.59 Å². The number of para-hydroxylation sites is 1. The molecule has 0 aliphatic heterocycles. The van der Waals surface area contributed by atoms with Gasteiger partial charge in [0, 0.05) is 37.1 Å². The minimum Gasteiger partial charge on any atom is -0.355 e. The van der Waals surface area contributed by atoms with E-state index in [0.717, 1.165) is 43.1 Å². The molecule has 1 saturated carbocycles. The number of nitrogens with one attached hydrogen (secondary N) is 2. The zero-order chi connectivity index (χ0) is 19.4. The van der Waals surface area contributed by atoms with Crippen LogP contribution in [0.25, 0.3) is 10.9 Å². The number of hydrogen-bond acceptors (Lipinski definition) is 3. The van der Waals surface area contributed by atoms with Crippen molar-refractivity contribution in [2.45, 2.75) is 31.7 Å². The smallest absolute Gasteiger partial charge is 0.268 e. The van der Waals surface area contributed by atoms with E-state index in [1.165, 1.54) is 0 Å². The second-order valence-electron chi connectivity index (χ2n) is 7.71. The van der Waals surface area contributed by atoms with Crippen molar-refractivity contribution >= 4 is 22.7 Å². The molecule has 6 nitrogen and oxygen atoms in total. The number of carbonyl (C=O) groups excluding carboxylic acids is 2. The molecule has 6 heteroatoms. The van der Waals surface area contributed by atoms with Gasteiger partial charge in [-0.3, -0.25) is 9.59 Å². The van der Waals surface area contributed by atoms with Gasteiger partial charge in [0.05, 0.1) is 5.92 Å². The fourth-order valence-electron chi connectivity index (χ4n) is 3.90. The summed E-state index contributed by atoms with van der Waals surface area (Å²) in [5.74, 6) is -0.204. The number of benzene rings is 1. The maximum atomic E-state index is 12.9. The van der Waals surface area contributed by atoms with Gasteiger partial charge < -0.3 is 20.1 Å². The molecule has 3 rings (SSSR count). The summed E-state index contributed by atoms with van der Waals surface area (Å²) in [4.78, 5) is 27.6. The first-order chi connectivity index (χ1) is 13.0. The second kappa shape index (κ2) is 8.57. The van der Waals surface area contributed by atoms with E-state index < -0.39 is 0 Å². The van der Waals surface area contributed by atoms with Crippen LogP contribution in [-0.4, -0.2) is 54.5 Å². The third-order valence-electron chi connectivity index (χ3n) is 5.46. The Labute approximate surface area is 160 Å². The van der Waals surface area contributed by atoms with Crippen LogP contribution in [0.15, 0.2) is 30.3 Å². The van der Waals surface area contributed by atoms with Crippen LogP contribution in [0.3, 0.4) is 0 Å². The summed E-state index contributed by atoms with van der Waals surface area (Å²) in [6.45, 7) is 1.44. The van der Waals surface area contributed by atoms with Crippen LogP contribution >= 0.6 is 0 Å². The van der Waals surface area contributed by atoms with Crippen molar-refractivity contribution in [1.29, 1.82) is 0 Å². The molecule has 0 spiro atoms. The summed E-state index contributed by atoms with van der Waals surface area (Å²) in [5.41, 5.74) is 1.66. The number of aryl methyl sites for hydroxylation is 1. The molecule has 0 radical (unpaired) electrons. The average molecular weight is 370 g/mol. The van der Waals surface area contributed by atoms with Gasteiger partial charge in [0.1, 0.15) is 5.69 Å². The quantitative estimate of drug-likeness (QED) is 0.819. The highest BCUT2D eigenvalue weighted by Gasteiger charge is 2.32. The van der Waals surface area contributed by atoms with E-state index in [1.54, 1.807) is 0 Å². The van der Waals surface area contributed by atoms with Crippen LogP contribution in [0.2, 0.25) is 0 Å². The average Bonchev–Trinajstić information content (AvgIpc) is 2.99. The first-order valence-corrected chi connectivity index (χ1v) is 9.75. The second-order valence-corrected chi connectivity index (χ2v) is 7.71. The Morgan fingerprint density at radius 1 is 1.19 bits per heavy atom. The zero-order valence-corrected chi connectivity index (χ0v) is 16.5. The molecule has 1 aliphatic carbocycles. The van der Waals surface area contributed by atoms with E-state index in [0.29, 0.717) is 12.2 Å². The maximum absolute atomic E-state index is 12.9. The Bertz CT molecular complexity index is 812. The lowest BCUT2D eigenvalue weighted by molar-refractivity contribution is -0.126. The molecule has 2 amide bonds. The maximum Gasteiger partial charge on any atom is 0.268 e. The molecule has 1 heterocycles. The van der Waals surface area contributed by atoms with Crippen LogP contribution in [0.5, 0.6) is 0 Å². The fraction of sp³-hybridized carbons (Fsp3) is 0.524. The molecule has 0 saturated heterocycles. The first-order valence-electron chi connectivity index (χ1n) is 9.75. The number of carbonyl (C=O) groups is 2. The summed E-state index contributed by atoms with van der Waals surface area (Å²) in [6.07, 6.45) is 3.75. The number of hydrogen-bond donors (Lipinski definition) is 2. The molecule has 2 atom stereocenters. The molecule has 1 fully saturated rings. The van der Waals surface area contributed by atoms with Crippen LogP contribution in [0, 0.1) is 5.92 Å². The lowest BCUT2D eigenvalue weighted by Gasteiger charge is -2.31. The van der Waals surface area contributed by atoms with Gasteiger partial charge >= 0.3 is 0 Å².